The van der Waals surface area contributed by atoms with E-state index in [1.807, 2.05) is 19.9 Å². The molecule has 17 heavy (non-hydrogen) atoms. The van der Waals surface area contributed by atoms with E-state index in [9.17, 15) is 9.90 Å². The van der Waals surface area contributed by atoms with Gasteiger partial charge in [-0.2, -0.15) is 5.10 Å². The Balaban J connectivity index is 2.57. The Bertz CT molecular complexity index is 544. The molecule has 0 radical (unpaired) electrons. The van der Waals surface area contributed by atoms with Crippen LogP contribution in [0.15, 0.2) is 30.3 Å². The summed E-state index contributed by atoms with van der Waals surface area (Å²) in [6.45, 7) is 4.07. The Morgan fingerprint density at radius 1 is 1.35 bits per heavy atom. The molecule has 1 aromatic heterocycles. The molecule has 0 unspecified atom stereocenters. The number of aromatic hydroxyl groups is 1. The van der Waals surface area contributed by atoms with Crippen molar-refractivity contribution in [3.63, 3.8) is 0 Å². The number of nitrogens with zero attached hydrogens (tertiary/aromatic N) is 2. The minimum absolute atomic E-state index is 0.181. The first-order valence-electron chi connectivity index (χ1n) is 5.46. The highest BCUT2D eigenvalue weighted by Gasteiger charge is 2.12. The number of hydrogen-bond donors (Lipinski definition) is 1. The first-order valence-corrected chi connectivity index (χ1v) is 5.46. The average Bonchev–Trinajstić information content (AvgIpc) is 2.73. The number of carbonyl (C=O) groups is 1. The van der Waals surface area contributed by atoms with Crippen LogP contribution in [-0.2, 0) is 0 Å². The van der Waals surface area contributed by atoms with Crippen LogP contribution < -0.4 is 0 Å². The molecule has 4 heteroatoms. The summed E-state index contributed by atoms with van der Waals surface area (Å²) in [6, 6.07) is 8.57. The molecular formula is C13H14N2O2. The highest BCUT2D eigenvalue weighted by Crippen LogP contribution is 2.22. The molecule has 2 rings (SSSR count). The smallest absolute Gasteiger partial charge is 0.170 e. The molecule has 0 aliphatic heterocycles. The predicted molar refractivity (Wildman–Crippen MR) is 64.7 cm³/mol. The molecule has 0 bridgehead atoms. The van der Waals surface area contributed by atoms with Gasteiger partial charge in [-0.1, -0.05) is 19.9 Å². The van der Waals surface area contributed by atoms with Crippen LogP contribution in [0.2, 0.25) is 0 Å². The summed E-state index contributed by atoms with van der Waals surface area (Å²) >= 11 is 0. The summed E-state index contributed by atoms with van der Waals surface area (Å²) in [6.07, 6.45) is 0.727. The Kier molecular flexibility index (Phi) is 2.95. The fraction of sp³-hybridized carbons (Fsp3) is 0.231. The van der Waals surface area contributed by atoms with Gasteiger partial charge in [-0.25, -0.2) is 4.68 Å². The lowest BCUT2D eigenvalue weighted by atomic mass is 10.1. The number of hydrogen-bond acceptors (Lipinski definition) is 3. The number of phenolic OH excluding ortho intramolecular Hbond substituents is 1. The van der Waals surface area contributed by atoms with Gasteiger partial charge in [-0.3, -0.25) is 4.79 Å². The largest absolute Gasteiger partial charge is 0.508 e. The molecular weight excluding hydrogens is 216 g/mol. The van der Waals surface area contributed by atoms with Crippen molar-refractivity contribution in [3.8, 4) is 11.4 Å². The third-order valence-corrected chi connectivity index (χ3v) is 2.54. The molecule has 0 saturated heterocycles. The van der Waals surface area contributed by atoms with E-state index in [1.54, 1.807) is 28.9 Å². The zero-order chi connectivity index (χ0) is 12.4. The van der Waals surface area contributed by atoms with E-state index in [-0.39, 0.29) is 11.7 Å². The monoisotopic (exact) mass is 230 g/mol. The van der Waals surface area contributed by atoms with Crippen molar-refractivity contribution in [2.75, 3.05) is 0 Å². The van der Waals surface area contributed by atoms with Gasteiger partial charge in [0.15, 0.2) is 6.29 Å². The van der Waals surface area contributed by atoms with Crippen LogP contribution in [0.25, 0.3) is 5.69 Å². The standard InChI is InChI=1S/C13H14N2O2/c1-9(2)13-6-10(8-16)14-15(13)11-4-3-5-12(17)7-11/h3-9,17H,1-2H3. The summed E-state index contributed by atoms with van der Waals surface area (Å²) in [5, 5.41) is 13.7. The van der Waals surface area contributed by atoms with Gasteiger partial charge in [0.05, 0.1) is 5.69 Å². The van der Waals surface area contributed by atoms with Gasteiger partial charge in [0.2, 0.25) is 0 Å². The number of benzene rings is 1. The van der Waals surface area contributed by atoms with E-state index in [2.05, 4.69) is 5.10 Å². The second-order valence-corrected chi connectivity index (χ2v) is 4.20. The minimum atomic E-state index is 0.181. The predicted octanol–water partition coefficient (Wildman–Crippen LogP) is 2.51. The molecule has 1 aromatic carbocycles. The molecule has 0 atom stereocenters. The van der Waals surface area contributed by atoms with E-state index in [0.717, 1.165) is 17.7 Å². The Labute approximate surface area is 99.5 Å². The first-order chi connectivity index (χ1) is 8.11. The summed E-state index contributed by atoms with van der Waals surface area (Å²) in [7, 11) is 0. The quantitative estimate of drug-likeness (QED) is 0.824. The van der Waals surface area contributed by atoms with Gasteiger partial charge in [0, 0.05) is 11.8 Å². The van der Waals surface area contributed by atoms with E-state index >= 15 is 0 Å². The molecule has 1 heterocycles. The summed E-state index contributed by atoms with van der Waals surface area (Å²) in [5.41, 5.74) is 2.09. The number of aldehydes is 1. The molecule has 0 aliphatic carbocycles. The SMILES string of the molecule is CC(C)c1cc(C=O)nn1-c1cccc(O)c1. The molecule has 2 aromatic rings. The van der Waals surface area contributed by atoms with E-state index in [1.165, 1.54) is 0 Å². The number of phenols is 1. The van der Waals surface area contributed by atoms with Crippen LogP contribution in [0.3, 0.4) is 0 Å². The van der Waals surface area contributed by atoms with Crippen molar-refractivity contribution >= 4 is 6.29 Å². The van der Waals surface area contributed by atoms with Crippen molar-refractivity contribution in [1.29, 1.82) is 0 Å². The number of aromatic nitrogens is 2. The molecule has 0 aliphatic rings. The molecule has 0 fully saturated rings. The lowest BCUT2D eigenvalue weighted by Crippen LogP contribution is -2.03. The topological polar surface area (TPSA) is 55.1 Å². The summed E-state index contributed by atoms with van der Waals surface area (Å²) in [4.78, 5) is 10.8. The maximum Gasteiger partial charge on any atom is 0.170 e. The second kappa shape index (κ2) is 4.41. The molecule has 1 N–H and O–H groups in total. The highest BCUT2D eigenvalue weighted by atomic mass is 16.3. The normalized spacial score (nSPS) is 10.8. The highest BCUT2D eigenvalue weighted by molar-refractivity contribution is 5.72. The lowest BCUT2D eigenvalue weighted by molar-refractivity contribution is 0.111. The average molecular weight is 230 g/mol. The zero-order valence-corrected chi connectivity index (χ0v) is 9.79. The molecule has 88 valence electrons. The molecule has 0 spiro atoms. The van der Waals surface area contributed by atoms with Crippen LogP contribution in [0.1, 0.15) is 35.9 Å². The van der Waals surface area contributed by atoms with Crippen LogP contribution in [0.4, 0.5) is 0 Å². The third-order valence-electron chi connectivity index (χ3n) is 2.54. The van der Waals surface area contributed by atoms with E-state index in [0.29, 0.717) is 5.69 Å². The Hall–Kier alpha value is -2.10. The number of carbonyl (C=O) groups excluding carboxylic acids is 1. The Morgan fingerprint density at radius 2 is 2.12 bits per heavy atom. The van der Waals surface area contributed by atoms with Gasteiger partial charge in [0.1, 0.15) is 11.4 Å². The Morgan fingerprint density at radius 3 is 2.71 bits per heavy atom. The third kappa shape index (κ3) is 2.20. The van der Waals surface area contributed by atoms with Crippen LogP contribution in [0, 0.1) is 0 Å². The summed E-state index contributed by atoms with van der Waals surface area (Å²) in [5.74, 6) is 0.430. The molecule has 0 saturated carbocycles. The molecule has 4 nitrogen and oxygen atoms in total. The first kappa shape index (κ1) is 11.4. The maximum absolute atomic E-state index is 10.8. The zero-order valence-electron chi connectivity index (χ0n) is 9.79. The van der Waals surface area contributed by atoms with Crippen molar-refractivity contribution in [2.24, 2.45) is 0 Å². The van der Waals surface area contributed by atoms with Gasteiger partial charge in [-0.05, 0) is 24.1 Å². The minimum Gasteiger partial charge on any atom is -0.508 e. The van der Waals surface area contributed by atoms with Crippen LogP contribution in [-0.4, -0.2) is 21.2 Å². The lowest BCUT2D eigenvalue weighted by Gasteiger charge is -2.09. The fourth-order valence-corrected chi connectivity index (χ4v) is 1.72. The van der Waals surface area contributed by atoms with Gasteiger partial charge < -0.3 is 5.11 Å². The van der Waals surface area contributed by atoms with Crippen molar-refractivity contribution in [2.45, 2.75) is 19.8 Å². The van der Waals surface area contributed by atoms with Crippen LogP contribution >= 0.6 is 0 Å². The fourth-order valence-electron chi connectivity index (χ4n) is 1.72. The van der Waals surface area contributed by atoms with Crippen molar-refractivity contribution < 1.29 is 9.90 Å². The summed E-state index contributed by atoms with van der Waals surface area (Å²) < 4.78 is 1.69. The maximum atomic E-state index is 10.8. The van der Waals surface area contributed by atoms with Gasteiger partial charge in [0.25, 0.3) is 0 Å². The van der Waals surface area contributed by atoms with E-state index in [4.69, 9.17) is 0 Å². The second-order valence-electron chi connectivity index (χ2n) is 4.20. The molecule has 0 amide bonds. The van der Waals surface area contributed by atoms with Crippen molar-refractivity contribution in [3.05, 3.63) is 41.7 Å². The van der Waals surface area contributed by atoms with E-state index < -0.39 is 0 Å². The number of rotatable bonds is 3. The van der Waals surface area contributed by atoms with Gasteiger partial charge in [-0.15, -0.1) is 0 Å². The van der Waals surface area contributed by atoms with Gasteiger partial charge >= 0.3 is 0 Å². The van der Waals surface area contributed by atoms with Crippen LogP contribution in [0.5, 0.6) is 5.75 Å². The van der Waals surface area contributed by atoms with Crippen molar-refractivity contribution in [1.82, 2.24) is 9.78 Å².